The van der Waals surface area contributed by atoms with Gasteiger partial charge in [-0.1, -0.05) is 0 Å². The first kappa shape index (κ1) is 13.9. The maximum atomic E-state index is 5.39. The molecule has 1 aromatic carbocycles. The Morgan fingerprint density at radius 2 is 2.10 bits per heavy atom. The van der Waals surface area contributed by atoms with E-state index in [1.807, 2.05) is 30.7 Å². The van der Waals surface area contributed by atoms with E-state index in [4.69, 9.17) is 9.47 Å². The number of hydrogen-bond acceptors (Lipinski definition) is 4. The molecule has 0 bridgehead atoms. The van der Waals surface area contributed by atoms with Crippen LogP contribution in [0.3, 0.4) is 0 Å². The molecule has 112 valence electrons. The number of methoxy groups -OCH3 is 2. The molecule has 1 aromatic heterocycles. The van der Waals surface area contributed by atoms with Gasteiger partial charge < -0.3 is 19.4 Å². The molecule has 0 radical (unpaired) electrons. The van der Waals surface area contributed by atoms with E-state index in [0.29, 0.717) is 5.92 Å². The largest absolute Gasteiger partial charge is 0.493 e. The Kier molecular flexibility index (Phi) is 4.10. The van der Waals surface area contributed by atoms with Crippen molar-refractivity contribution in [1.29, 1.82) is 0 Å². The van der Waals surface area contributed by atoms with Crippen molar-refractivity contribution >= 4 is 0 Å². The Bertz CT molecular complexity index is 603. The van der Waals surface area contributed by atoms with E-state index in [2.05, 4.69) is 14.9 Å². The van der Waals surface area contributed by atoms with Crippen molar-refractivity contribution in [2.24, 2.45) is 0 Å². The fourth-order valence-corrected chi connectivity index (χ4v) is 2.90. The molecule has 3 rings (SSSR count). The van der Waals surface area contributed by atoms with Crippen molar-refractivity contribution in [2.75, 3.05) is 27.3 Å². The summed E-state index contributed by atoms with van der Waals surface area (Å²) in [6.45, 7) is 2.12. The Morgan fingerprint density at radius 1 is 1.24 bits per heavy atom. The second-order valence-electron chi connectivity index (χ2n) is 5.27. The Hall–Kier alpha value is -2.01. The molecule has 2 aromatic rings. The molecule has 0 aliphatic carbocycles. The summed E-state index contributed by atoms with van der Waals surface area (Å²) < 4.78 is 12.8. The van der Waals surface area contributed by atoms with Crippen LogP contribution in [0, 0.1) is 0 Å². The number of benzene rings is 1. The van der Waals surface area contributed by atoms with Crippen LogP contribution in [0.2, 0.25) is 0 Å². The number of aromatic nitrogens is 2. The molecule has 2 heterocycles. The van der Waals surface area contributed by atoms with Crippen LogP contribution in [0.1, 0.15) is 24.5 Å². The maximum Gasteiger partial charge on any atom is 0.162 e. The van der Waals surface area contributed by atoms with E-state index < -0.39 is 0 Å². The summed E-state index contributed by atoms with van der Waals surface area (Å²) in [6, 6.07) is 5.94. The van der Waals surface area contributed by atoms with Crippen LogP contribution >= 0.6 is 0 Å². The van der Waals surface area contributed by atoms with E-state index in [-0.39, 0.29) is 0 Å². The molecule has 0 amide bonds. The first-order chi connectivity index (χ1) is 10.3. The maximum absolute atomic E-state index is 5.39. The Balaban J connectivity index is 1.95. The van der Waals surface area contributed by atoms with Crippen molar-refractivity contribution in [3.8, 4) is 17.2 Å². The van der Waals surface area contributed by atoms with Gasteiger partial charge in [0.1, 0.15) is 0 Å². The zero-order valence-corrected chi connectivity index (χ0v) is 12.5. The first-order valence-electron chi connectivity index (χ1n) is 7.29. The molecular formula is C16H21N3O2. The Labute approximate surface area is 124 Å². The minimum Gasteiger partial charge on any atom is -0.493 e. The first-order valence-corrected chi connectivity index (χ1v) is 7.29. The molecule has 1 fully saturated rings. The van der Waals surface area contributed by atoms with Gasteiger partial charge in [0.25, 0.3) is 0 Å². The van der Waals surface area contributed by atoms with Crippen LogP contribution in [0.4, 0.5) is 0 Å². The number of piperidine rings is 1. The molecule has 1 aliphatic heterocycles. The van der Waals surface area contributed by atoms with Gasteiger partial charge in [-0.15, -0.1) is 0 Å². The Morgan fingerprint density at radius 3 is 2.81 bits per heavy atom. The van der Waals surface area contributed by atoms with Gasteiger partial charge in [0.15, 0.2) is 11.5 Å². The highest BCUT2D eigenvalue weighted by Gasteiger charge is 2.19. The predicted octanol–water partition coefficient (Wildman–Crippen LogP) is 2.36. The lowest BCUT2D eigenvalue weighted by Crippen LogP contribution is -2.29. The predicted molar refractivity (Wildman–Crippen MR) is 81.5 cm³/mol. The number of rotatable bonds is 4. The number of imidazole rings is 1. The fourth-order valence-electron chi connectivity index (χ4n) is 2.90. The molecule has 0 spiro atoms. The van der Waals surface area contributed by atoms with Gasteiger partial charge in [0.2, 0.25) is 0 Å². The van der Waals surface area contributed by atoms with E-state index in [1.165, 1.54) is 18.5 Å². The highest BCUT2D eigenvalue weighted by atomic mass is 16.5. The monoisotopic (exact) mass is 287 g/mol. The minimum absolute atomic E-state index is 0.509. The van der Waals surface area contributed by atoms with E-state index >= 15 is 0 Å². The average molecular weight is 287 g/mol. The van der Waals surface area contributed by atoms with Gasteiger partial charge >= 0.3 is 0 Å². The zero-order chi connectivity index (χ0) is 14.7. The molecule has 1 aliphatic rings. The van der Waals surface area contributed by atoms with Crippen molar-refractivity contribution in [3.05, 3.63) is 36.4 Å². The molecule has 1 atom stereocenters. The van der Waals surface area contributed by atoms with E-state index in [1.54, 1.807) is 14.2 Å². The summed E-state index contributed by atoms with van der Waals surface area (Å²) >= 11 is 0. The van der Waals surface area contributed by atoms with Crippen molar-refractivity contribution < 1.29 is 9.47 Å². The molecular weight excluding hydrogens is 266 g/mol. The third-order valence-electron chi connectivity index (χ3n) is 4.03. The summed E-state index contributed by atoms with van der Waals surface area (Å²) in [5.74, 6) is 1.98. The molecule has 5 nitrogen and oxygen atoms in total. The molecule has 1 saturated heterocycles. The van der Waals surface area contributed by atoms with E-state index in [9.17, 15) is 0 Å². The van der Waals surface area contributed by atoms with Gasteiger partial charge in [0.05, 0.1) is 26.2 Å². The third-order valence-corrected chi connectivity index (χ3v) is 4.03. The highest BCUT2D eigenvalue weighted by Crippen LogP contribution is 2.31. The van der Waals surface area contributed by atoms with E-state index in [0.717, 1.165) is 30.3 Å². The quantitative estimate of drug-likeness (QED) is 0.938. The lowest BCUT2D eigenvalue weighted by Gasteiger charge is -2.24. The van der Waals surface area contributed by atoms with Gasteiger partial charge in [-0.2, -0.15) is 0 Å². The van der Waals surface area contributed by atoms with Crippen LogP contribution in [-0.4, -0.2) is 36.9 Å². The van der Waals surface area contributed by atoms with Crippen LogP contribution in [0.5, 0.6) is 11.5 Å². The topological polar surface area (TPSA) is 48.3 Å². The van der Waals surface area contributed by atoms with Gasteiger partial charge in [-0.25, -0.2) is 4.98 Å². The molecule has 21 heavy (non-hydrogen) atoms. The second kappa shape index (κ2) is 6.18. The zero-order valence-electron chi connectivity index (χ0n) is 12.5. The lowest BCUT2D eigenvalue weighted by atomic mass is 9.96. The molecule has 0 saturated carbocycles. The van der Waals surface area contributed by atoms with Gasteiger partial charge in [0, 0.05) is 30.4 Å². The lowest BCUT2D eigenvalue weighted by molar-refractivity contribution is 0.355. The number of nitrogens with one attached hydrogen (secondary N) is 1. The number of hydrogen-bond donors (Lipinski definition) is 1. The second-order valence-corrected chi connectivity index (χ2v) is 5.27. The number of ether oxygens (including phenoxy) is 2. The highest BCUT2D eigenvalue weighted by molar-refractivity contribution is 5.49. The summed E-state index contributed by atoms with van der Waals surface area (Å²) in [7, 11) is 3.30. The van der Waals surface area contributed by atoms with Crippen molar-refractivity contribution in [2.45, 2.75) is 18.8 Å². The van der Waals surface area contributed by atoms with Gasteiger partial charge in [-0.3, -0.25) is 0 Å². The SMILES string of the molecule is COc1ccc(-n2cncc2C2CCCNC2)cc1OC. The van der Waals surface area contributed by atoms with Crippen LogP contribution < -0.4 is 14.8 Å². The number of nitrogens with zero attached hydrogens (tertiary/aromatic N) is 2. The normalized spacial score (nSPS) is 18.5. The minimum atomic E-state index is 0.509. The molecule has 1 unspecified atom stereocenters. The average Bonchev–Trinajstić information content (AvgIpc) is 3.04. The smallest absolute Gasteiger partial charge is 0.162 e. The fraction of sp³-hybridized carbons (Fsp3) is 0.438. The van der Waals surface area contributed by atoms with Crippen molar-refractivity contribution in [3.63, 3.8) is 0 Å². The van der Waals surface area contributed by atoms with Crippen LogP contribution in [0.25, 0.3) is 5.69 Å². The molecule has 5 heteroatoms. The van der Waals surface area contributed by atoms with Crippen molar-refractivity contribution in [1.82, 2.24) is 14.9 Å². The molecule has 1 N–H and O–H groups in total. The summed E-state index contributed by atoms with van der Waals surface area (Å²) in [6.07, 6.45) is 6.24. The third kappa shape index (κ3) is 2.74. The van der Waals surface area contributed by atoms with Crippen LogP contribution in [-0.2, 0) is 0 Å². The summed E-state index contributed by atoms with van der Waals surface area (Å²) in [4.78, 5) is 4.33. The standard InChI is InChI=1S/C16H21N3O2/c1-20-15-6-5-13(8-16(15)21-2)19-11-18-10-14(19)12-4-3-7-17-9-12/h5-6,8,10-12,17H,3-4,7,9H2,1-2H3. The summed E-state index contributed by atoms with van der Waals surface area (Å²) in [5.41, 5.74) is 2.29. The van der Waals surface area contributed by atoms with Crippen LogP contribution in [0.15, 0.2) is 30.7 Å². The van der Waals surface area contributed by atoms with Gasteiger partial charge in [-0.05, 0) is 31.5 Å². The summed E-state index contributed by atoms with van der Waals surface area (Å²) in [5, 5.41) is 3.46.